The summed E-state index contributed by atoms with van der Waals surface area (Å²) in [7, 11) is 0. The summed E-state index contributed by atoms with van der Waals surface area (Å²) in [6.45, 7) is 1.08. The second kappa shape index (κ2) is 5.88. The van der Waals surface area contributed by atoms with Crippen molar-refractivity contribution < 1.29 is 4.92 Å². The van der Waals surface area contributed by atoms with E-state index in [1.165, 1.54) is 43.2 Å². The van der Waals surface area contributed by atoms with Crippen LogP contribution < -0.4 is 5.32 Å². The summed E-state index contributed by atoms with van der Waals surface area (Å²) in [6, 6.07) is 10.2. The third-order valence-electron chi connectivity index (χ3n) is 6.90. The minimum absolute atomic E-state index is 0.0872. The monoisotopic (exact) mass is 349 g/mol. The second-order valence-corrected chi connectivity index (χ2v) is 8.02. The Morgan fingerprint density at radius 1 is 1.23 bits per heavy atom. The van der Waals surface area contributed by atoms with Gasteiger partial charge in [0.15, 0.2) is 0 Å². The van der Waals surface area contributed by atoms with Gasteiger partial charge in [0.25, 0.3) is 5.69 Å². The Labute approximate surface area is 153 Å². The first kappa shape index (κ1) is 15.9. The van der Waals surface area contributed by atoms with E-state index in [2.05, 4.69) is 22.4 Å². The SMILES string of the molecule is O=[N+]([O-])c1cccnc1-c1ccc2c(c1)[C@@]13CCCC[C@H]1[C@@H](C2)NCC3. The number of rotatable bonds is 2. The van der Waals surface area contributed by atoms with Crippen LogP contribution in [0.4, 0.5) is 5.69 Å². The van der Waals surface area contributed by atoms with Crippen LogP contribution in [0.3, 0.4) is 0 Å². The standard InChI is InChI=1S/C21H23N3O2/c25-24(26)19-5-3-10-23-20(19)15-7-6-14-13-18-16-4-1-2-8-21(16,9-11-22-18)17(14)12-15/h3,5-7,10,12,16,18,22H,1-2,4,8-9,11,13H2/t16-,18+,21+/m0/s1. The number of fused-ring (bicyclic) bond motifs is 1. The molecular weight excluding hydrogens is 326 g/mol. The molecule has 1 saturated heterocycles. The Morgan fingerprint density at radius 2 is 2.15 bits per heavy atom. The molecule has 0 radical (unpaired) electrons. The van der Waals surface area contributed by atoms with E-state index in [0.717, 1.165) is 18.5 Å². The molecule has 2 aromatic rings. The maximum Gasteiger partial charge on any atom is 0.295 e. The van der Waals surface area contributed by atoms with E-state index in [9.17, 15) is 10.1 Å². The molecule has 2 heterocycles. The summed E-state index contributed by atoms with van der Waals surface area (Å²) in [6.07, 6.45) is 9.05. The van der Waals surface area contributed by atoms with Crippen LogP contribution in [0.5, 0.6) is 0 Å². The lowest BCUT2D eigenvalue weighted by molar-refractivity contribution is -0.384. The number of nitrogens with one attached hydrogen (secondary N) is 1. The predicted molar refractivity (Wildman–Crippen MR) is 100 cm³/mol. The summed E-state index contributed by atoms with van der Waals surface area (Å²) in [5.74, 6) is 0.700. The molecule has 0 unspecified atom stereocenters. The molecule has 0 spiro atoms. The molecule has 1 saturated carbocycles. The Balaban J connectivity index is 1.67. The van der Waals surface area contributed by atoms with Gasteiger partial charge in [-0.2, -0.15) is 0 Å². The molecule has 134 valence electrons. The van der Waals surface area contributed by atoms with Crippen LogP contribution in [0, 0.1) is 16.0 Å². The fraction of sp³-hybridized carbons (Fsp3) is 0.476. The van der Waals surface area contributed by atoms with Crippen LogP contribution in [0.1, 0.15) is 43.2 Å². The lowest BCUT2D eigenvalue weighted by atomic mass is 9.52. The molecule has 1 aromatic heterocycles. The van der Waals surface area contributed by atoms with Crippen molar-refractivity contribution in [2.24, 2.45) is 5.92 Å². The van der Waals surface area contributed by atoms with E-state index in [1.807, 2.05) is 6.07 Å². The molecule has 1 aliphatic heterocycles. The van der Waals surface area contributed by atoms with E-state index < -0.39 is 0 Å². The number of aromatic nitrogens is 1. The van der Waals surface area contributed by atoms with Gasteiger partial charge in [-0.05, 0) is 61.4 Å². The first-order valence-corrected chi connectivity index (χ1v) is 9.66. The van der Waals surface area contributed by atoms with Gasteiger partial charge in [0, 0.05) is 29.3 Å². The average molecular weight is 349 g/mol. The highest BCUT2D eigenvalue weighted by Gasteiger charge is 2.51. The summed E-state index contributed by atoms with van der Waals surface area (Å²) < 4.78 is 0. The fourth-order valence-electron chi connectivity index (χ4n) is 5.84. The molecule has 5 nitrogen and oxygen atoms in total. The molecule has 5 rings (SSSR count). The van der Waals surface area contributed by atoms with E-state index in [4.69, 9.17) is 0 Å². The third kappa shape index (κ3) is 2.23. The zero-order chi connectivity index (χ0) is 17.7. The van der Waals surface area contributed by atoms with E-state index in [1.54, 1.807) is 18.3 Å². The van der Waals surface area contributed by atoms with Gasteiger partial charge >= 0.3 is 0 Å². The van der Waals surface area contributed by atoms with Crippen molar-refractivity contribution in [1.29, 1.82) is 0 Å². The first-order chi connectivity index (χ1) is 12.7. The summed E-state index contributed by atoms with van der Waals surface area (Å²) in [4.78, 5) is 15.5. The van der Waals surface area contributed by atoms with Crippen molar-refractivity contribution in [1.82, 2.24) is 10.3 Å². The van der Waals surface area contributed by atoms with Crippen molar-refractivity contribution in [3.8, 4) is 11.3 Å². The highest BCUT2D eigenvalue weighted by atomic mass is 16.6. The predicted octanol–water partition coefficient (Wildman–Crippen LogP) is 4.00. The minimum atomic E-state index is -0.329. The number of piperidine rings is 1. The van der Waals surface area contributed by atoms with E-state index >= 15 is 0 Å². The zero-order valence-corrected chi connectivity index (χ0v) is 14.8. The van der Waals surface area contributed by atoms with Gasteiger partial charge in [0.05, 0.1) is 4.92 Å². The van der Waals surface area contributed by atoms with Gasteiger partial charge in [0.2, 0.25) is 0 Å². The first-order valence-electron chi connectivity index (χ1n) is 9.66. The second-order valence-electron chi connectivity index (χ2n) is 8.02. The van der Waals surface area contributed by atoms with Crippen molar-refractivity contribution in [3.63, 3.8) is 0 Å². The van der Waals surface area contributed by atoms with Gasteiger partial charge in [-0.1, -0.05) is 25.0 Å². The van der Waals surface area contributed by atoms with Gasteiger partial charge in [-0.15, -0.1) is 0 Å². The molecule has 2 aliphatic carbocycles. The van der Waals surface area contributed by atoms with Crippen LogP contribution in [0.25, 0.3) is 11.3 Å². The van der Waals surface area contributed by atoms with E-state index in [0.29, 0.717) is 17.7 Å². The quantitative estimate of drug-likeness (QED) is 0.657. The van der Waals surface area contributed by atoms with Crippen LogP contribution in [-0.2, 0) is 11.8 Å². The zero-order valence-electron chi connectivity index (χ0n) is 14.8. The number of nitro groups is 1. The Bertz CT molecular complexity index is 877. The molecule has 1 N–H and O–H groups in total. The molecule has 1 aromatic carbocycles. The Hall–Kier alpha value is -2.27. The largest absolute Gasteiger partial charge is 0.313 e. The molecule has 2 fully saturated rings. The highest BCUT2D eigenvalue weighted by molar-refractivity contribution is 5.71. The normalized spacial score (nSPS) is 29.5. The number of hydrogen-bond donors (Lipinski definition) is 1. The number of benzene rings is 1. The van der Waals surface area contributed by atoms with Gasteiger partial charge in [-0.3, -0.25) is 10.1 Å². The number of hydrogen-bond acceptors (Lipinski definition) is 4. The molecule has 0 amide bonds. The van der Waals surface area contributed by atoms with Gasteiger partial charge in [-0.25, -0.2) is 4.98 Å². The van der Waals surface area contributed by atoms with Crippen molar-refractivity contribution >= 4 is 5.69 Å². The van der Waals surface area contributed by atoms with Crippen LogP contribution in [0.15, 0.2) is 36.5 Å². The fourth-order valence-corrected chi connectivity index (χ4v) is 5.84. The third-order valence-corrected chi connectivity index (χ3v) is 6.90. The Morgan fingerprint density at radius 3 is 3.04 bits per heavy atom. The maximum absolute atomic E-state index is 11.4. The summed E-state index contributed by atoms with van der Waals surface area (Å²) in [5, 5.41) is 15.2. The minimum Gasteiger partial charge on any atom is -0.313 e. The van der Waals surface area contributed by atoms with Crippen molar-refractivity contribution in [2.45, 2.75) is 50.0 Å². The number of nitrogens with zero attached hydrogens (tertiary/aromatic N) is 2. The lowest BCUT2D eigenvalue weighted by Gasteiger charge is -2.56. The summed E-state index contributed by atoms with van der Waals surface area (Å²) >= 11 is 0. The Kier molecular flexibility index (Phi) is 3.60. The smallest absolute Gasteiger partial charge is 0.295 e. The molecule has 2 bridgehead atoms. The lowest BCUT2D eigenvalue weighted by Crippen LogP contribution is -2.59. The molecule has 26 heavy (non-hydrogen) atoms. The number of pyridine rings is 1. The average Bonchev–Trinajstić information content (AvgIpc) is 2.68. The van der Waals surface area contributed by atoms with Gasteiger partial charge in [0.1, 0.15) is 5.69 Å². The molecule has 3 aliphatic rings. The van der Waals surface area contributed by atoms with Crippen LogP contribution in [-0.4, -0.2) is 22.5 Å². The molecule has 5 heteroatoms. The van der Waals surface area contributed by atoms with Crippen molar-refractivity contribution in [3.05, 3.63) is 57.8 Å². The van der Waals surface area contributed by atoms with Gasteiger partial charge < -0.3 is 5.32 Å². The van der Waals surface area contributed by atoms with Crippen LogP contribution >= 0.6 is 0 Å². The van der Waals surface area contributed by atoms with Crippen molar-refractivity contribution in [2.75, 3.05) is 6.54 Å². The summed E-state index contributed by atoms with van der Waals surface area (Å²) in [5.41, 5.74) is 4.57. The molecule has 3 atom stereocenters. The van der Waals surface area contributed by atoms with E-state index in [-0.39, 0.29) is 16.0 Å². The maximum atomic E-state index is 11.4. The highest BCUT2D eigenvalue weighted by Crippen LogP contribution is 2.54. The molecular formula is C21H23N3O2. The van der Waals surface area contributed by atoms with Crippen LogP contribution in [0.2, 0.25) is 0 Å². The topological polar surface area (TPSA) is 68.1 Å².